The Bertz CT molecular complexity index is 742. The van der Waals surface area contributed by atoms with Crippen LogP contribution < -0.4 is 10.6 Å². The molecule has 1 aliphatic heterocycles. The molecule has 1 aromatic rings. The van der Waals surface area contributed by atoms with Crippen LogP contribution in [0.4, 0.5) is 0 Å². The van der Waals surface area contributed by atoms with Gasteiger partial charge in [0, 0.05) is 40.2 Å². The third-order valence-corrected chi connectivity index (χ3v) is 6.71. The van der Waals surface area contributed by atoms with Crippen molar-refractivity contribution >= 4 is 21.7 Å². The van der Waals surface area contributed by atoms with E-state index in [1.807, 2.05) is 30.3 Å². The zero-order valence-electron chi connectivity index (χ0n) is 16.9. The normalized spacial score (nSPS) is 16.1. The second-order valence-corrected chi connectivity index (χ2v) is 9.40. The molecule has 0 saturated carbocycles. The number of benzene rings is 1. The fourth-order valence-electron chi connectivity index (χ4n) is 3.44. The largest absolute Gasteiger partial charge is 0.359 e. The number of hydrogen-bond acceptors (Lipinski definition) is 4. The maximum atomic E-state index is 12.3. The predicted octanol–water partition coefficient (Wildman–Crippen LogP) is 1.41. The highest BCUT2D eigenvalue weighted by atomic mass is 32.2. The van der Waals surface area contributed by atoms with Gasteiger partial charge in [-0.1, -0.05) is 30.3 Å². The molecule has 8 heteroatoms. The summed E-state index contributed by atoms with van der Waals surface area (Å²) in [4.78, 5) is 18.0. The van der Waals surface area contributed by atoms with Crippen molar-refractivity contribution in [1.82, 2.24) is 15.5 Å². The lowest BCUT2D eigenvalue weighted by atomic mass is 9.93. The number of nitrogens with zero attached hydrogens (tertiary/aromatic N) is 2. The van der Waals surface area contributed by atoms with Gasteiger partial charge in [-0.2, -0.15) is 0 Å². The van der Waals surface area contributed by atoms with Crippen molar-refractivity contribution in [3.63, 3.8) is 0 Å². The van der Waals surface area contributed by atoms with Gasteiger partial charge in [-0.05, 0) is 30.7 Å². The number of hydrogen-bond donors (Lipinski definition) is 2. The molecule has 28 heavy (non-hydrogen) atoms. The van der Waals surface area contributed by atoms with Crippen LogP contribution in [0.1, 0.15) is 31.2 Å². The summed E-state index contributed by atoms with van der Waals surface area (Å²) in [7, 11) is 0.294. The van der Waals surface area contributed by atoms with Gasteiger partial charge in [0.05, 0.1) is 11.5 Å². The summed E-state index contributed by atoms with van der Waals surface area (Å²) in [6.45, 7) is 2.28. The van der Waals surface area contributed by atoms with E-state index >= 15 is 0 Å². The van der Waals surface area contributed by atoms with Gasteiger partial charge >= 0.3 is 0 Å². The average Bonchev–Trinajstić information content (AvgIpc) is 2.69. The van der Waals surface area contributed by atoms with E-state index in [4.69, 9.17) is 0 Å². The van der Waals surface area contributed by atoms with Crippen LogP contribution in [0.15, 0.2) is 35.3 Å². The number of sulfone groups is 1. The highest BCUT2D eigenvalue weighted by molar-refractivity contribution is 7.90. The molecule has 1 saturated heterocycles. The van der Waals surface area contributed by atoms with Gasteiger partial charge in [-0.15, -0.1) is 0 Å². The van der Waals surface area contributed by atoms with E-state index in [0.717, 1.165) is 37.5 Å². The molecule has 2 rings (SSSR count). The van der Waals surface area contributed by atoms with Crippen LogP contribution in [0.3, 0.4) is 0 Å². The van der Waals surface area contributed by atoms with Crippen LogP contribution in [-0.2, 0) is 20.4 Å². The minimum Gasteiger partial charge on any atom is -0.359 e. The van der Waals surface area contributed by atoms with Crippen molar-refractivity contribution in [2.75, 3.05) is 39.5 Å². The zero-order valence-corrected chi connectivity index (χ0v) is 17.7. The number of guanidine groups is 1. The van der Waals surface area contributed by atoms with Gasteiger partial charge in [0.15, 0.2) is 15.8 Å². The van der Waals surface area contributed by atoms with Crippen molar-refractivity contribution in [3.05, 3.63) is 35.9 Å². The lowest BCUT2D eigenvalue weighted by molar-refractivity contribution is -0.121. The first-order valence-corrected chi connectivity index (χ1v) is 11.7. The van der Waals surface area contributed by atoms with E-state index in [-0.39, 0.29) is 17.4 Å². The lowest BCUT2D eigenvalue weighted by Crippen LogP contribution is -2.46. The minimum absolute atomic E-state index is 0.0847. The first-order valence-electron chi connectivity index (χ1n) is 9.84. The molecule has 1 aliphatic rings. The molecular formula is C20H32N4O3S. The van der Waals surface area contributed by atoms with Crippen molar-refractivity contribution in [1.29, 1.82) is 0 Å². The fraction of sp³-hybridized carbons (Fsp3) is 0.600. The molecule has 0 bridgehead atoms. The van der Waals surface area contributed by atoms with E-state index in [1.165, 1.54) is 0 Å². The van der Waals surface area contributed by atoms with E-state index in [1.54, 1.807) is 14.1 Å². The number of aliphatic imine (C=N–C) groups is 1. The van der Waals surface area contributed by atoms with E-state index in [9.17, 15) is 13.2 Å². The van der Waals surface area contributed by atoms with Gasteiger partial charge < -0.3 is 15.5 Å². The molecule has 0 radical (unpaired) electrons. The molecule has 0 aromatic heterocycles. The summed E-state index contributed by atoms with van der Waals surface area (Å²) >= 11 is 0. The average molecular weight is 409 g/mol. The highest BCUT2D eigenvalue weighted by Crippen LogP contribution is 2.20. The molecule has 2 N–H and O–H groups in total. The van der Waals surface area contributed by atoms with Crippen LogP contribution in [0.2, 0.25) is 0 Å². The highest BCUT2D eigenvalue weighted by Gasteiger charge is 2.23. The van der Waals surface area contributed by atoms with E-state index in [0.29, 0.717) is 25.3 Å². The third-order valence-electron chi connectivity index (χ3n) is 5.02. The number of carbonyl (C=O) groups excluding carboxylic acids is 1. The Kier molecular flexibility index (Phi) is 8.76. The summed E-state index contributed by atoms with van der Waals surface area (Å²) in [5, 5.41) is 5.96. The standard InChI is InChI=1S/C20H32N4O3S/c1-21-19(25)15-17-9-12-24(13-10-17)20(22-2)23-11-6-14-28(26,27)16-18-7-4-3-5-8-18/h3-5,7-8,17H,6,9-16H2,1-2H3,(H,21,25)(H,22,23). The number of amides is 1. The van der Waals surface area contributed by atoms with E-state index < -0.39 is 9.84 Å². The summed E-state index contributed by atoms with van der Waals surface area (Å²) < 4.78 is 24.5. The summed E-state index contributed by atoms with van der Waals surface area (Å²) in [6, 6.07) is 9.27. The predicted molar refractivity (Wildman–Crippen MR) is 113 cm³/mol. The number of likely N-dealkylation sites (tertiary alicyclic amines) is 1. The van der Waals surface area contributed by atoms with Gasteiger partial charge in [-0.25, -0.2) is 8.42 Å². The molecule has 7 nitrogen and oxygen atoms in total. The SMILES string of the molecule is CN=C(NCCCS(=O)(=O)Cc1ccccc1)N1CCC(CC(=O)NC)CC1. The number of nitrogens with one attached hydrogen (secondary N) is 2. The fourth-order valence-corrected chi connectivity index (χ4v) is 4.87. The molecule has 1 amide bonds. The molecular weight excluding hydrogens is 376 g/mol. The minimum atomic E-state index is -3.12. The molecule has 1 heterocycles. The molecule has 1 fully saturated rings. The Balaban J connectivity index is 1.71. The van der Waals surface area contributed by atoms with Crippen molar-refractivity contribution in [3.8, 4) is 0 Å². The van der Waals surface area contributed by atoms with Crippen LogP contribution in [0, 0.1) is 5.92 Å². The summed E-state index contributed by atoms with van der Waals surface area (Å²) in [5.41, 5.74) is 0.825. The first kappa shape index (κ1) is 22.2. The molecule has 0 aliphatic carbocycles. The van der Waals surface area contributed by atoms with Crippen LogP contribution in [-0.4, -0.2) is 64.7 Å². The second kappa shape index (κ2) is 11.0. The van der Waals surface area contributed by atoms with Crippen LogP contribution in [0.5, 0.6) is 0 Å². The Morgan fingerprint density at radius 2 is 1.89 bits per heavy atom. The van der Waals surface area contributed by atoms with Gasteiger partial charge in [0.1, 0.15) is 0 Å². The smallest absolute Gasteiger partial charge is 0.220 e. The lowest BCUT2D eigenvalue weighted by Gasteiger charge is -2.34. The van der Waals surface area contributed by atoms with Crippen molar-refractivity contribution in [2.24, 2.45) is 10.9 Å². The third kappa shape index (κ3) is 7.50. The molecule has 0 spiro atoms. The maximum absolute atomic E-state index is 12.3. The maximum Gasteiger partial charge on any atom is 0.220 e. The quantitative estimate of drug-likeness (QED) is 0.386. The summed E-state index contributed by atoms with van der Waals surface area (Å²) in [5.74, 6) is 1.55. The van der Waals surface area contributed by atoms with Gasteiger partial charge in [0.2, 0.25) is 5.91 Å². The van der Waals surface area contributed by atoms with Crippen LogP contribution >= 0.6 is 0 Å². The Labute approximate surface area is 168 Å². The van der Waals surface area contributed by atoms with Crippen molar-refractivity contribution < 1.29 is 13.2 Å². The van der Waals surface area contributed by atoms with Gasteiger partial charge in [-0.3, -0.25) is 9.79 Å². The molecule has 0 unspecified atom stereocenters. The Morgan fingerprint density at radius 3 is 2.50 bits per heavy atom. The zero-order chi connectivity index (χ0) is 20.4. The number of carbonyl (C=O) groups is 1. The van der Waals surface area contributed by atoms with E-state index in [2.05, 4.69) is 20.5 Å². The molecule has 156 valence electrons. The topological polar surface area (TPSA) is 90.9 Å². The monoisotopic (exact) mass is 408 g/mol. The van der Waals surface area contributed by atoms with Gasteiger partial charge in [0.25, 0.3) is 0 Å². The number of piperidine rings is 1. The second-order valence-electron chi connectivity index (χ2n) is 7.21. The van der Waals surface area contributed by atoms with Crippen LogP contribution in [0.25, 0.3) is 0 Å². The van der Waals surface area contributed by atoms with Crippen molar-refractivity contribution in [2.45, 2.75) is 31.4 Å². The Morgan fingerprint density at radius 1 is 1.21 bits per heavy atom. The molecule has 0 atom stereocenters. The Hall–Kier alpha value is -2.09. The molecule has 1 aromatic carbocycles. The first-order chi connectivity index (χ1) is 13.4. The summed E-state index contributed by atoms with van der Waals surface area (Å²) in [6.07, 6.45) is 3.04. The number of rotatable bonds is 8.